The Morgan fingerprint density at radius 2 is 2.00 bits per heavy atom. The van der Waals surface area contributed by atoms with Gasteiger partial charge in [0.05, 0.1) is 0 Å². The molecular formula is C8H16BN. The quantitative estimate of drug-likeness (QED) is 0.544. The molecule has 1 heterocycles. The minimum atomic E-state index is 0.242. The van der Waals surface area contributed by atoms with Crippen LogP contribution in [0.25, 0.3) is 0 Å². The first-order valence-electron chi connectivity index (χ1n) is 3.96. The molecule has 1 aliphatic rings. The molecule has 1 aliphatic heterocycles. The summed E-state index contributed by atoms with van der Waals surface area (Å²) in [5.74, 6) is 2.30. The second-order valence-electron chi connectivity index (χ2n) is 4.25. The topological polar surface area (TPSA) is 12.0 Å². The smallest absolute Gasteiger partial charge is 0.171 e. The van der Waals surface area contributed by atoms with Crippen LogP contribution in [0, 0.1) is 0 Å². The van der Waals surface area contributed by atoms with E-state index in [1.165, 1.54) is 12.0 Å². The standard InChI is InChI=1S/C8H16BN/c1-8(2,3)10-7-5-9(4)6-7/h5,10H,6H2,1-4H3. The normalized spacial score (nSPS) is 18.0. The van der Waals surface area contributed by atoms with Crippen molar-refractivity contribution in [1.29, 1.82) is 0 Å². The zero-order valence-corrected chi connectivity index (χ0v) is 7.36. The van der Waals surface area contributed by atoms with E-state index in [2.05, 4.69) is 38.9 Å². The van der Waals surface area contributed by atoms with E-state index < -0.39 is 0 Å². The molecule has 1 rings (SSSR count). The molecule has 1 N–H and O–H groups in total. The van der Waals surface area contributed by atoms with Crippen molar-refractivity contribution >= 4 is 6.71 Å². The van der Waals surface area contributed by atoms with E-state index in [1.807, 2.05) is 0 Å². The Morgan fingerprint density at radius 1 is 1.50 bits per heavy atom. The fraction of sp³-hybridized carbons (Fsp3) is 0.750. The van der Waals surface area contributed by atoms with Gasteiger partial charge in [0.15, 0.2) is 6.71 Å². The minimum Gasteiger partial charge on any atom is -0.385 e. The summed E-state index contributed by atoms with van der Waals surface area (Å²) in [4.78, 5) is 0. The summed E-state index contributed by atoms with van der Waals surface area (Å²) in [7, 11) is 0. The van der Waals surface area contributed by atoms with Crippen molar-refractivity contribution in [1.82, 2.24) is 5.32 Å². The summed E-state index contributed by atoms with van der Waals surface area (Å²) in [6.45, 7) is 9.61. The lowest BCUT2D eigenvalue weighted by Gasteiger charge is -2.30. The summed E-state index contributed by atoms with van der Waals surface area (Å²) in [5.41, 5.74) is 1.66. The minimum absolute atomic E-state index is 0.242. The molecule has 0 aromatic carbocycles. The highest BCUT2D eigenvalue weighted by Crippen LogP contribution is 2.18. The Kier molecular flexibility index (Phi) is 1.80. The summed E-state index contributed by atoms with van der Waals surface area (Å²) in [6, 6.07) is 0. The lowest BCUT2D eigenvalue weighted by atomic mass is 9.41. The van der Waals surface area contributed by atoms with Crippen molar-refractivity contribution in [3.05, 3.63) is 11.7 Å². The molecule has 0 saturated heterocycles. The number of hydrogen-bond acceptors (Lipinski definition) is 1. The number of nitrogens with one attached hydrogen (secondary N) is 1. The van der Waals surface area contributed by atoms with Gasteiger partial charge in [0.25, 0.3) is 0 Å². The third kappa shape index (κ3) is 2.09. The van der Waals surface area contributed by atoms with Gasteiger partial charge in [-0.05, 0) is 32.8 Å². The van der Waals surface area contributed by atoms with Gasteiger partial charge in [-0.25, -0.2) is 0 Å². The van der Waals surface area contributed by atoms with Gasteiger partial charge < -0.3 is 5.32 Å². The van der Waals surface area contributed by atoms with E-state index in [1.54, 1.807) is 0 Å². The van der Waals surface area contributed by atoms with E-state index in [0.717, 1.165) is 6.71 Å². The average Bonchev–Trinajstić information content (AvgIpc) is 1.57. The zero-order valence-electron chi connectivity index (χ0n) is 7.36. The predicted molar refractivity (Wildman–Crippen MR) is 47.4 cm³/mol. The third-order valence-corrected chi connectivity index (χ3v) is 1.56. The Labute approximate surface area is 64.0 Å². The second-order valence-corrected chi connectivity index (χ2v) is 4.25. The fourth-order valence-electron chi connectivity index (χ4n) is 1.23. The lowest BCUT2D eigenvalue weighted by Crippen LogP contribution is -2.39. The molecule has 0 fully saturated rings. The van der Waals surface area contributed by atoms with Crippen LogP contribution in [0.3, 0.4) is 0 Å². The summed E-state index contributed by atoms with van der Waals surface area (Å²) in [6.07, 6.45) is 1.23. The van der Waals surface area contributed by atoms with Crippen molar-refractivity contribution in [2.75, 3.05) is 0 Å². The van der Waals surface area contributed by atoms with E-state index in [-0.39, 0.29) is 5.54 Å². The molecule has 10 heavy (non-hydrogen) atoms. The predicted octanol–water partition coefficient (Wildman–Crippen LogP) is 1.94. The largest absolute Gasteiger partial charge is 0.385 e. The molecule has 0 atom stereocenters. The van der Waals surface area contributed by atoms with Crippen LogP contribution in [0.1, 0.15) is 20.8 Å². The first kappa shape index (κ1) is 7.71. The first-order chi connectivity index (χ1) is 4.47. The zero-order chi connectivity index (χ0) is 7.78. The highest BCUT2D eigenvalue weighted by atomic mass is 15.0. The number of rotatable bonds is 1. The van der Waals surface area contributed by atoms with Crippen molar-refractivity contribution in [2.45, 2.75) is 39.5 Å². The van der Waals surface area contributed by atoms with Crippen molar-refractivity contribution in [3.8, 4) is 0 Å². The second kappa shape index (κ2) is 2.33. The first-order valence-corrected chi connectivity index (χ1v) is 3.96. The van der Waals surface area contributed by atoms with Gasteiger partial charge in [0.2, 0.25) is 0 Å². The van der Waals surface area contributed by atoms with Gasteiger partial charge in [-0.15, -0.1) is 0 Å². The maximum Gasteiger partial charge on any atom is 0.171 e. The molecule has 2 heteroatoms. The fourth-order valence-corrected chi connectivity index (χ4v) is 1.23. The van der Waals surface area contributed by atoms with E-state index in [9.17, 15) is 0 Å². The van der Waals surface area contributed by atoms with Crippen LogP contribution in [-0.2, 0) is 0 Å². The van der Waals surface area contributed by atoms with Crippen LogP contribution in [0.4, 0.5) is 0 Å². The van der Waals surface area contributed by atoms with E-state index >= 15 is 0 Å². The lowest BCUT2D eigenvalue weighted by molar-refractivity contribution is 0.471. The highest BCUT2D eigenvalue weighted by Gasteiger charge is 2.20. The molecule has 0 spiro atoms. The van der Waals surface area contributed by atoms with Crippen LogP contribution >= 0.6 is 0 Å². The maximum atomic E-state index is 3.45. The summed E-state index contributed by atoms with van der Waals surface area (Å²) < 4.78 is 0. The van der Waals surface area contributed by atoms with Gasteiger partial charge in [-0.2, -0.15) is 0 Å². The molecule has 0 aromatic heterocycles. The molecule has 0 aromatic rings. The van der Waals surface area contributed by atoms with E-state index in [4.69, 9.17) is 0 Å². The van der Waals surface area contributed by atoms with Gasteiger partial charge in [-0.1, -0.05) is 12.8 Å². The molecule has 0 amide bonds. The third-order valence-electron chi connectivity index (χ3n) is 1.56. The molecule has 56 valence electrons. The number of hydrogen-bond donors (Lipinski definition) is 1. The SMILES string of the molecule is CB1C=C(NC(C)(C)C)C1. The molecule has 0 aliphatic carbocycles. The Balaban J connectivity index is 2.35. The Hall–Kier alpha value is -0.395. The monoisotopic (exact) mass is 137 g/mol. The van der Waals surface area contributed by atoms with Gasteiger partial charge >= 0.3 is 0 Å². The van der Waals surface area contributed by atoms with Crippen LogP contribution < -0.4 is 5.32 Å². The molecular weight excluding hydrogens is 121 g/mol. The van der Waals surface area contributed by atoms with Crippen LogP contribution in [0.2, 0.25) is 13.1 Å². The van der Waals surface area contributed by atoms with Crippen molar-refractivity contribution < 1.29 is 0 Å². The van der Waals surface area contributed by atoms with Gasteiger partial charge in [-0.3, -0.25) is 0 Å². The Bertz CT molecular complexity index is 155. The molecule has 1 nitrogen and oxygen atoms in total. The van der Waals surface area contributed by atoms with Crippen molar-refractivity contribution in [3.63, 3.8) is 0 Å². The van der Waals surface area contributed by atoms with Crippen LogP contribution in [0.15, 0.2) is 11.7 Å². The van der Waals surface area contributed by atoms with Crippen molar-refractivity contribution in [2.24, 2.45) is 0 Å². The maximum absolute atomic E-state index is 3.45. The van der Waals surface area contributed by atoms with E-state index in [0.29, 0.717) is 0 Å². The van der Waals surface area contributed by atoms with Gasteiger partial charge in [0.1, 0.15) is 0 Å². The molecule has 0 radical (unpaired) electrons. The number of allylic oxidation sites excluding steroid dienone is 1. The van der Waals surface area contributed by atoms with Crippen LogP contribution in [0.5, 0.6) is 0 Å². The Morgan fingerprint density at radius 3 is 2.30 bits per heavy atom. The summed E-state index contributed by atoms with van der Waals surface area (Å²) >= 11 is 0. The summed E-state index contributed by atoms with van der Waals surface area (Å²) in [5, 5.41) is 3.45. The molecule has 0 saturated carbocycles. The molecule has 0 bridgehead atoms. The highest BCUT2D eigenvalue weighted by molar-refractivity contribution is 6.67. The van der Waals surface area contributed by atoms with Crippen LogP contribution in [-0.4, -0.2) is 12.3 Å². The average molecular weight is 137 g/mol. The van der Waals surface area contributed by atoms with Gasteiger partial charge in [0, 0.05) is 5.54 Å². The molecule has 0 unspecified atom stereocenters.